The zero-order valence-corrected chi connectivity index (χ0v) is 10.8. The molecule has 2 aliphatic carbocycles. The van der Waals surface area contributed by atoms with E-state index in [-0.39, 0.29) is 0 Å². The molecule has 0 unspecified atom stereocenters. The van der Waals surface area contributed by atoms with Gasteiger partial charge in [-0.2, -0.15) is 0 Å². The molecule has 16 heavy (non-hydrogen) atoms. The van der Waals surface area contributed by atoms with Crippen molar-refractivity contribution in [3.63, 3.8) is 0 Å². The molecule has 2 fully saturated rings. The quantitative estimate of drug-likeness (QED) is 0.757. The Morgan fingerprint density at radius 3 is 1.88 bits per heavy atom. The van der Waals surface area contributed by atoms with Gasteiger partial charge in [0, 0.05) is 6.04 Å². The van der Waals surface area contributed by atoms with E-state index >= 15 is 0 Å². The number of nitrogens with two attached hydrogens (primary N) is 1. The van der Waals surface area contributed by atoms with E-state index in [9.17, 15) is 0 Å². The lowest BCUT2D eigenvalue weighted by atomic mass is 9.81. The van der Waals surface area contributed by atoms with E-state index in [0.29, 0.717) is 6.04 Å². The summed E-state index contributed by atoms with van der Waals surface area (Å²) in [6.45, 7) is 0. The molecule has 1 heteroatoms. The molecule has 2 rings (SSSR count). The lowest BCUT2D eigenvalue weighted by Gasteiger charge is -2.27. The summed E-state index contributed by atoms with van der Waals surface area (Å²) in [4.78, 5) is 0. The van der Waals surface area contributed by atoms with Gasteiger partial charge >= 0.3 is 0 Å². The van der Waals surface area contributed by atoms with Crippen molar-refractivity contribution in [1.29, 1.82) is 0 Å². The first-order valence-electron chi connectivity index (χ1n) is 7.60. The highest BCUT2D eigenvalue weighted by Crippen LogP contribution is 2.31. The molecule has 0 amide bonds. The highest BCUT2D eigenvalue weighted by molar-refractivity contribution is 4.75. The summed E-state index contributed by atoms with van der Waals surface area (Å²) in [7, 11) is 0. The van der Waals surface area contributed by atoms with Crippen LogP contribution in [0.15, 0.2) is 0 Å². The van der Waals surface area contributed by atoms with Crippen LogP contribution in [0.25, 0.3) is 0 Å². The highest BCUT2D eigenvalue weighted by Gasteiger charge is 2.19. The first-order valence-corrected chi connectivity index (χ1v) is 7.60. The van der Waals surface area contributed by atoms with E-state index < -0.39 is 0 Å². The number of hydrogen-bond donors (Lipinski definition) is 1. The third kappa shape index (κ3) is 4.08. The van der Waals surface area contributed by atoms with Gasteiger partial charge in [0.25, 0.3) is 0 Å². The monoisotopic (exact) mass is 223 g/mol. The summed E-state index contributed by atoms with van der Waals surface area (Å²) in [5, 5.41) is 0. The molecule has 0 aromatic heterocycles. The van der Waals surface area contributed by atoms with Crippen LogP contribution in [0.2, 0.25) is 0 Å². The van der Waals surface area contributed by atoms with Crippen molar-refractivity contribution in [2.75, 3.05) is 0 Å². The van der Waals surface area contributed by atoms with Crippen LogP contribution in [-0.2, 0) is 0 Å². The Hall–Kier alpha value is -0.0400. The minimum Gasteiger partial charge on any atom is -0.328 e. The molecule has 0 atom stereocenters. The van der Waals surface area contributed by atoms with Crippen molar-refractivity contribution in [2.24, 2.45) is 17.6 Å². The van der Waals surface area contributed by atoms with Gasteiger partial charge in [-0.3, -0.25) is 0 Å². The molecule has 2 saturated carbocycles. The fourth-order valence-electron chi connectivity index (χ4n) is 3.65. The molecule has 0 bridgehead atoms. The smallest absolute Gasteiger partial charge is 0.00390 e. The lowest BCUT2D eigenvalue weighted by Crippen LogP contribution is -2.26. The minimum absolute atomic E-state index is 0.523. The Kier molecular flexibility index (Phi) is 5.15. The largest absolute Gasteiger partial charge is 0.328 e. The summed E-state index contributed by atoms with van der Waals surface area (Å²) in [5.74, 6) is 2.10. The zero-order valence-electron chi connectivity index (χ0n) is 10.8. The Morgan fingerprint density at radius 1 is 0.688 bits per heavy atom. The van der Waals surface area contributed by atoms with Crippen LogP contribution >= 0.6 is 0 Å². The van der Waals surface area contributed by atoms with E-state index in [1.54, 1.807) is 0 Å². The Balaban J connectivity index is 1.53. The Morgan fingerprint density at radius 2 is 1.25 bits per heavy atom. The van der Waals surface area contributed by atoms with Crippen molar-refractivity contribution >= 4 is 0 Å². The fraction of sp³-hybridized carbons (Fsp3) is 1.00. The van der Waals surface area contributed by atoms with Gasteiger partial charge in [0.15, 0.2) is 0 Å². The standard InChI is InChI=1S/C15H29N/c16-15-11-9-14(10-12-15)8-4-7-13-5-2-1-3-6-13/h13-15H,1-12,16H2. The van der Waals surface area contributed by atoms with Crippen LogP contribution in [0.3, 0.4) is 0 Å². The van der Waals surface area contributed by atoms with Gasteiger partial charge in [-0.1, -0.05) is 51.4 Å². The van der Waals surface area contributed by atoms with Crippen molar-refractivity contribution < 1.29 is 0 Å². The van der Waals surface area contributed by atoms with Gasteiger partial charge in [0.05, 0.1) is 0 Å². The first-order chi connectivity index (χ1) is 7.84. The molecule has 0 heterocycles. The van der Waals surface area contributed by atoms with Crippen molar-refractivity contribution in [3.05, 3.63) is 0 Å². The van der Waals surface area contributed by atoms with Gasteiger partial charge in [-0.15, -0.1) is 0 Å². The molecule has 2 aliphatic rings. The van der Waals surface area contributed by atoms with Gasteiger partial charge in [-0.25, -0.2) is 0 Å². The summed E-state index contributed by atoms with van der Waals surface area (Å²) in [6, 6.07) is 0.523. The first kappa shape index (κ1) is 12.4. The average Bonchev–Trinajstić information content (AvgIpc) is 2.33. The van der Waals surface area contributed by atoms with Crippen LogP contribution in [0.1, 0.15) is 77.0 Å². The highest BCUT2D eigenvalue weighted by atomic mass is 14.6. The molecule has 1 nitrogen and oxygen atoms in total. The Bertz CT molecular complexity index is 176. The van der Waals surface area contributed by atoms with E-state index in [1.165, 1.54) is 77.0 Å². The maximum Gasteiger partial charge on any atom is 0.00390 e. The van der Waals surface area contributed by atoms with Crippen LogP contribution in [-0.4, -0.2) is 6.04 Å². The van der Waals surface area contributed by atoms with E-state index in [2.05, 4.69) is 0 Å². The number of rotatable bonds is 4. The van der Waals surface area contributed by atoms with E-state index in [1.807, 2.05) is 0 Å². The Labute approximate surface area is 101 Å². The third-order valence-electron chi connectivity index (χ3n) is 4.84. The molecule has 0 radical (unpaired) electrons. The fourth-order valence-corrected chi connectivity index (χ4v) is 3.65. The third-order valence-corrected chi connectivity index (χ3v) is 4.84. The molecule has 0 spiro atoms. The SMILES string of the molecule is NC1CCC(CCCC2CCCCC2)CC1. The molecule has 94 valence electrons. The second kappa shape index (κ2) is 6.64. The molecular formula is C15H29N. The predicted molar refractivity (Wildman–Crippen MR) is 70.4 cm³/mol. The maximum absolute atomic E-state index is 5.94. The topological polar surface area (TPSA) is 26.0 Å². The van der Waals surface area contributed by atoms with Gasteiger partial charge in [0.1, 0.15) is 0 Å². The van der Waals surface area contributed by atoms with Crippen LogP contribution < -0.4 is 5.73 Å². The van der Waals surface area contributed by atoms with Crippen LogP contribution in [0.5, 0.6) is 0 Å². The van der Waals surface area contributed by atoms with Crippen LogP contribution in [0.4, 0.5) is 0 Å². The minimum atomic E-state index is 0.523. The molecule has 0 aromatic rings. The van der Waals surface area contributed by atoms with Gasteiger partial charge < -0.3 is 5.73 Å². The molecule has 2 N–H and O–H groups in total. The maximum atomic E-state index is 5.94. The van der Waals surface area contributed by atoms with Gasteiger partial charge in [-0.05, 0) is 37.5 Å². The van der Waals surface area contributed by atoms with Gasteiger partial charge in [0.2, 0.25) is 0 Å². The van der Waals surface area contributed by atoms with E-state index in [0.717, 1.165) is 11.8 Å². The normalized spacial score (nSPS) is 32.8. The lowest BCUT2D eigenvalue weighted by molar-refractivity contribution is 0.278. The second-order valence-corrected chi connectivity index (χ2v) is 6.22. The van der Waals surface area contributed by atoms with Crippen molar-refractivity contribution in [2.45, 2.75) is 83.1 Å². The summed E-state index contributed by atoms with van der Waals surface area (Å²) >= 11 is 0. The molecule has 0 aliphatic heterocycles. The molecular weight excluding hydrogens is 194 g/mol. The average molecular weight is 223 g/mol. The van der Waals surface area contributed by atoms with E-state index in [4.69, 9.17) is 5.73 Å². The predicted octanol–water partition coefficient (Wildman–Crippen LogP) is 4.25. The molecule has 0 aromatic carbocycles. The number of hydrogen-bond acceptors (Lipinski definition) is 1. The summed E-state index contributed by atoms with van der Waals surface area (Å²) in [6.07, 6.45) is 17.4. The van der Waals surface area contributed by atoms with Crippen LogP contribution in [0, 0.1) is 11.8 Å². The second-order valence-electron chi connectivity index (χ2n) is 6.22. The van der Waals surface area contributed by atoms with Crippen molar-refractivity contribution in [3.8, 4) is 0 Å². The van der Waals surface area contributed by atoms with Crippen molar-refractivity contribution in [1.82, 2.24) is 0 Å². The summed E-state index contributed by atoms with van der Waals surface area (Å²) < 4.78 is 0. The molecule has 0 saturated heterocycles. The summed E-state index contributed by atoms with van der Waals surface area (Å²) in [5.41, 5.74) is 5.94. The zero-order chi connectivity index (χ0) is 11.2.